The summed E-state index contributed by atoms with van der Waals surface area (Å²) in [6.07, 6.45) is 0.479. The highest BCUT2D eigenvalue weighted by Crippen LogP contribution is 2.34. The van der Waals surface area contributed by atoms with Crippen molar-refractivity contribution in [3.8, 4) is 0 Å². The molecular weight excluding hydrogens is 443 g/mol. The summed E-state index contributed by atoms with van der Waals surface area (Å²) in [7, 11) is -7.48. The van der Waals surface area contributed by atoms with Gasteiger partial charge in [-0.1, -0.05) is 34.8 Å². The minimum atomic E-state index is -4.03. The Morgan fingerprint density at radius 2 is 1.69 bits per heavy atom. The van der Waals surface area contributed by atoms with Crippen LogP contribution in [0.1, 0.15) is 6.42 Å². The Hall–Kier alpha value is -1.19. The fourth-order valence-corrected chi connectivity index (χ4v) is 6.23. The Kier molecular flexibility index (Phi) is 5.33. The predicted molar refractivity (Wildman–Crippen MR) is 104 cm³/mol. The molecule has 0 atom stereocenters. The summed E-state index contributed by atoms with van der Waals surface area (Å²) < 4.78 is 53.0. The maximum Gasteiger partial charge on any atom is 0.263 e. The van der Waals surface area contributed by atoms with E-state index in [0.717, 1.165) is 0 Å². The summed E-state index contributed by atoms with van der Waals surface area (Å²) in [5.41, 5.74) is 0.379. The molecule has 140 valence electrons. The highest BCUT2D eigenvalue weighted by atomic mass is 35.5. The van der Waals surface area contributed by atoms with Crippen molar-refractivity contribution in [2.75, 3.05) is 21.3 Å². The predicted octanol–water partition coefficient (Wildman–Crippen LogP) is 3.99. The third-order valence-corrected chi connectivity index (χ3v) is 8.02. The summed E-state index contributed by atoms with van der Waals surface area (Å²) in [6.45, 7) is 0.290. The zero-order valence-electron chi connectivity index (χ0n) is 13.1. The highest BCUT2D eigenvalue weighted by Gasteiger charge is 2.30. The topological polar surface area (TPSA) is 83.6 Å². The van der Waals surface area contributed by atoms with Crippen LogP contribution in [0.15, 0.2) is 41.3 Å². The van der Waals surface area contributed by atoms with Gasteiger partial charge in [-0.05, 0) is 42.8 Å². The van der Waals surface area contributed by atoms with Gasteiger partial charge in [-0.15, -0.1) is 0 Å². The lowest BCUT2D eigenvalue weighted by Gasteiger charge is -2.19. The van der Waals surface area contributed by atoms with Crippen molar-refractivity contribution in [2.45, 2.75) is 11.3 Å². The van der Waals surface area contributed by atoms with Gasteiger partial charge in [0.2, 0.25) is 10.0 Å². The molecule has 0 amide bonds. The molecule has 0 aromatic heterocycles. The average molecular weight is 456 g/mol. The van der Waals surface area contributed by atoms with Crippen LogP contribution in [0.4, 0.5) is 11.4 Å². The van der Waals surface area contributed by atoms with Crippen LogP contribution in [-0.4, -0.2) is 29.1 Å². The van der Waals surface area contributed by atoms with E-state index in [-0.39, 0.29) is 37.1 Å². The number of halogens is 3. The van der Waals surface area contributed by atoms with Gasteiger partial charge < -0.3 is 0 Å². The summed E-state index contributed by atoms with van der Waals surface area (Å²) in [5, 5.41) is 0.437. The zero-order chi connectivity index (χ0) is 19.1. The maximum atomic E-state index is 12.6. The molecule has 1 saturated heterocycles. The number of benzene rings is 2. The highest BCUT2D eigenvalue weighted by molar-refractivity contribution is 7.93. The van der Waals surface area contributed by atoms with Gasteiger partial charge in [-0.25, -0.2) is 16.8 Å². The van der Waals surface area contributed by atoms with Gasteiger partial charge in [-0.2, -0.15) is 0 Å². The second-order valence-corrected chi connectivity index (χ2v) is 10.5. The summed E-state index contributed by atoms with van der Waals surface area (Å²) in [6, 6.07) is 8.33. The molecule has 1 N–H and O–H groups in total. The first-order valence-electron chi connectivity index (χ1n) is 7.38. The fourth-order valence-electron chi connectivity index (χ4n) is 2.57. The van der Waals surface area contributed by atoms with Crippen LogP contribution < -0.4 is 9.03 Å². The number of rotatable bonds is 4. The molecule has 11 heteroatoms. The van der Waals surface area contributed by atoms with E-state index in [4.69, 9.17) is 34.8 Å². The summed E-state index contributed by atoms with van der Waals surface area (Å²) in [5.74, 6) is 0.0252. The first kappa shape index (κ1) is 19.6. The van der Waals surface area contributed by atoms with Crippen molar-refractivity contribution in [2.24, 2.45) is 0 Å². The van der Waals surface area contributed by atoms with E-state index in [1.807, 2.05) is 0 Å². The normalized spacial score (nSPS) is 16.7. The van der Waals surface area contributed by atoms with Crippen LogP contribution >= 0.6 is 34.8 Å². The smallest absolute Gasteiger partial charge is 0.263 e. The van der Waals surface area contributed by atoms with Gasteiger partial charge in [0.15, 0.2) is 0 Å². The van der Waals surface area contributed by atoms with Gasteiger partial charge >= 0.3 is 0 Å². The monoisotopic (exact) mass is 454 g/mol. The van der Waals surface area contributed by atoms with Crippen LogP contribution in [0.2, 0.25) is 15.1 Å². The Balaban J connectivity index is 1.98. The van der Waals surface area contributed by atoms with Gasteiger partial charge in [0.25, 0.3) is 10.0 Å². The summed E-state index contributed by atoms with van der Waals surface area (Å²) in [4.78, 5) is -0.183. The van der Waals surface area contributed by atoms with E-state index < -0.39 is 20.0 Å². The van der Waals surface area contributed by atoms with Crippen molar-refractivity contribution in [1.29, 1.82) is 0 Å². The standard InChI is InChI=1S/C15H13Cl3N2O4S2/c16-10-2-4-13(18)15(8-10)26(23,24)19-11-3-5-12(17)14(9-11)20-6-1-7-25(20,21)22/h2-5,8-9,19H,1,6-7H2. The molecule has 26 heavy (non-hydrogen) atoms. The number of hydrogen-bond donors (Lipinski definition) is 1. The molecule has 6 nitrogen and oxygen atoms in total. The lowest BCUT2D eigenvalue weighted by molar-refractivity contribution is 0.598. The third kappa shape index (κ3) is 3.89. The van der Waals surface area contributed by atoms with Crippen LogP contribution in [0, 0.1) is 0 Å². The van der Waals surface area contributed by atoms with Crippen molar-refractivity contribution < 1.29 is 16.8 Å². The molecule has 2 aromatic carbocycles. The van der Waals surface area contributed by atoms with Gasteiger partial charge in [-0.3, -0.25) is 9.03 Å². The number of anilines is 2. The molecule has 1 fully saturated rings. The maximum absolute atomic E-state index is 12.6. The van der Waals surface area contributed by atoms with E-state index >= 15 is 0 Å². The Labute approximate surface area is 166 Å². The molecule has 0 radical (unpaired) electrons. The van der Waals surface area contributed by atoms with E-state index in [9.17, 15) is 16.8 Å². The first-order chi connectivity index (χ1) is 12.1. The third-order valence-electron chi connectivity index (χ3n) is 3.75. The minimum Gasteiger partial charge on any atom is -0.280 e. The number of hydrogen-bond acceptors (Lipinski definition) is 4. The Morgan fingerprint density at radius 1 is 1.00 bits per heavy atom. The Morgan fingerprint density at radius 3 is 2.35 bits per heavy atom. The molecule has 1 aliphatic heterocycles. The average Bonchev–Trinajstić information content (AvgIpc) is 2.90. The molecule has 0 bridgehead atoms. The van der Waals surface area contributed by atoms with E-state index in [2.05, 4.69) is 4.72 Å². The van der Waals surface area contributed by atoms with Crippen LogP contribution in [0.25, 0.3) is 0 Å². The molecule has 0 unspecified atom stereocenters. The Bertz CT molecular complexity index is 1070. The van der Waals surface area contributed by atoms with E-state index in [0.29, 0.717) is 13.0 Å². The number of sulfonamides is 2. The number of nitrogens with one attached hydrogen (secondary N) is 1. The van der Waals surface area contributed by atoms with Crippen molar-refractivity contribution >= 4 is 66.2 Å². The van der Waals surface area contributed by atoms with Gasteiger partial charge in [0, 0.05) is 11.6 Å². The molecule has 0 aliphatic carbocycles. The van der Waals surface area contributed by atoms with Crippen LogP contribution in [0.5, 0.6) is 0 Å². The quantitative estimate of drug-likeness (QED) is 0.755. The van der Waals surface area contributed by atoms with E-state index in [1.54, 1.807) is 0 Å². The largest absolute Gasteiger partial charge is 0.280 e. The van der Waals surface area contributed by atoms with Crippen LogP contribution in [0.3, 0.4) is 0 Å². The fraction of sp³-hybridized carbons (Fsp3) is 0.200. The molecule has 2 aromatic rings. The van der Waals surface area contributed by atoms with Crippen LogP contribution in [-0.2, 0) is 20.0 Å². The molecule has 3 rings (SSSR count). The molecule has 1 heterocycles. The minimum absolute atomic E-state index is 0.0122. The molecular formula is C15H13Cl3N2O4S2. The lowest BCUT2D eigenvalue weighted by atomic mass is 10.3. The van der Waals surface area contributed by atoms with E-state index in [1.165, 1.54) is 40.7 Å². The van der Waals surface area contributed by atoms with Crippen molar-refractivity contribution in [3.63, 3.8) is 0 Å². The SMILES string of the molecule is O=S(=O)(Nc1ccc(Cl)c(N2CCCS2(=O)=O)c1)c1cc(Cl)ccc1Cl. The second kappa shape index (κ2) is 7.09. The lowest BCUT2D eigenvalue weighted by Crippen LogP contribution is -2.25. The molecule has 0 saturated carbocycles. The molecule has 1 aliphatic rings. The van der Waals surface area contributed by atoms with Gasteiger partial charge in [0.1, 0.15) is 4.90 Å². The second-order valence-electron chi connectivity index (χ2n) is 5.59. The van der Waals surface area contributed by atoms with Crippen molar-refractivity contribution in [1.82, 2.24) is 0 Å². The summed E-state index contributed by atoms with van der Waals surface area (Å²) >= 11 is 17.9. The van der Waals surface area contributed by atoms with Crippen molar-refractivity contribution in [3.05, 3.63) is 51.5 Å². The number of nitrogens with zero attached hydrogens (tertiary/aromatic N) is 1. The first-order valence-corrected chi connectivity index (χ1v) is 11.6. The van der Waals surface area contributed by atoms with Gasteiger partial charge in [0.05, 0.1) is 27.2 Å². The molecule has 0 spiro atoms. The zero-order valence-corrected chi connectivity index (χ0v) is 17.0.